The van der Waals surface area contributed by atoms with Crippen LogP contribution in [0.3, 0.4) is 0 Å². The lowest BCUT2D eigenvalue weighted by Gasteiger charge is -2.20. The first kappa shape index (κ1) is 14.0. The van der Waals surface area contributed by atoms with Crippen molar-refractivity contribution in [1.82, 2.24) is 4.90 Å². The van der Waals surface area contributed by atoms with Gasteiger partial charge in [-0.25, -0.2) is 0 Å². The monoisotopic (exact) mass is 295 g/mol. The highest BCUT2D eigenvalue weighted by Gasteiger charge is 2.04. The molecule has 0 aromatic heterocycles. The van der Waals surface area contributed by atoms with Gasteiger partial charge in [0.05, 0.1) is 5.56 Å². The van der Waals surface area contributed by atoms with Gasteiger partial charge in [0.15, 0.2) is 0 Å². The van der Waals surface area contributed by atoms with E-state index in [1.165, 1.54) is 0 Å². The normalized spacial score (nSPS) is 10.4. The first-order valence-corrected chi connectivity index (χ1v) is 6.39. The Hall–Kier alpha value is -1.05. The Morgan fingerprint density at radius 3 is 2.47 bits per heavy atom. The van der Waals surface area contributed by atoms with Crippen molar-refractivity contribution in [3.63, 3.8) is 0 Å². The standard InChI is InChI=1S/C13H18BrN3/c1-16(2)7-4-8-17(3)12-6-5-11(10-15)13(14)9-12/h5-6,9H,4,7-8H2,1-3H3. The summed E-state index contributed by atoms with van der Waals surface area (Å²) < 4.78 is 0.858. The molecule has 0 bridgehead atoms. The van der Waals surface area contributed by atoms with Crippen molar-refractivity contribution >= 4 is 21.6 Å². The Labute approximate surface area is 112 Å². The van der Waals surface area contributed by atoms with Crippen LogP contribution in [0.25, 0.3) is 0 Å². The molecule has 0 aliphatic carbocycles. The van der Waals surface area contributed by atoms with Crippen LogP contribution in [-0.2, 0) is 0 Å². The van der Waals surface area contributed by atoms with Crippen LogP contribution in [0.1, 0.15) is 12.0 Å². The van der Waals surface area contributed by atoms with Gasteiger partial charge < -0.3 is 9.80 Å². The van der Waals surface area contributed by atoms with Crippen molar-refractivity contribution in [2.24, 2.45) is 0 Å². The molecule has 0 heterocycles. The third-order valence-electron chi connectivity index (χ3n) is 2.61. The highest BCUT2D eigenvalue weighted by atomic mass is 79.9. The molecule has 3 nitrogen and oxygen atoms in total. The molecule has 0 aliphatic heterocycles. The minimum Gasteiger partial charge on any atom is -0.375 e. The Kier molecular flexibility index (Phi) is 5.46. The molecule has 0 spiro atoms. The molecule has 1 rings (SSSR count). The number of rotatable bonds is 5. The summed E-state index contributed by atoms with van der Waals surface area (Å²) in [6.07, 6.45) is 1.13. The SMILES string of the molecule is CN(C)CCCN(C)c1ccc(C#N)c(Br)c1. The molecule has 1 aromatic carbocycles. The maximum absolute atomic E-state index is 8.85. The second-order valence-corrected chi connectivity index (χ2v) is 5.21. The van der Waals surface area contributed by atoms with E-state index in [1.54, 1.807) is 0 Å². The van der Waals surface area contributed by atoms with Crippen LogP contribution in [0.15, 0.2) is 22.7 Å². The third-order valence-corrected chi connectivity index (χ3v) is 3.27. The average Bonchev–Trinajstić information content (AvgIpc) is 2.28. The van der Waals surface area contributed by atoms with Gasteiger partial charge in [-0.3, -0.25) is 0 Å². The summed E-state index contributed by atoms with van der Waals surface area (Å²) in [7, 11) is 6.24. The van der Waals surface area contributed by atoms with Crippen LogP contribution in [0.2, 0.25) is 0 Å². The van der Waals surface area contributed by atoms with Gasteiger partial charge in [0.1, 0.15) is 6.07 Å². The molecular formula is C13H18BrN3. The number of halogens is 1. The van der Waals surface area contributed by atoms with Crippen LogP contribution < -0.4 is 4.90 Å². The van der Waals surface area contributed by atoms with Gasteiger partial charge >= 0.3 is 0 Å². The van der Waals surface area contributed by atoms with E-state index in [0.717, 1.165) is 29.7 Å². The van der Waals surface area contributed by atoms with Crippen molar-refractivity contribution in [1.29, 1.82) is 5.26 Å². The summed E-state index contributed by atoms with van der Waals surface area (Å²) in [6.45, 7) is 2.10. The number of hydrogen-bond donors (Lipinski definition) is 0. The predicted octanol–water partition coefficient (Wildman–Crippen LogP) is 2.71. The summed E-state index contributed by atoms with van der Waals surface area (Å²) in [6, 6.07) is 7.98. The lowest BCUT2D eigenvalue weighted by Crippen LogP contribution is -2.23. The van der Waals surface area contributed by atoms with Gasteiger partial charge in [-0.15, -0.1) is 0 Å². The zero-order chi connectivity index (χ0) is 12.8. The van der Waals surface area contributed by atoms with Crippen molar-refractivity contribution < 1.29 is 0 Å². The van der Waals surface area contributed by atoms with Crippen molar-refractivity contribution in [3.8, 4) is 6.07 Å². The smallest absolute Gasteiger partial charge is 0.100 e. The fourth-order valence-electron chi connectivity index (χ4n) is 1.59. The lowest BCUT2D eigenvalue weighted by molar-refractivity contribution is 0.401. The molecule has 1 aromatic rings. The van der Waals surface area contributed by atoms with Gasteiger partial charge in [-0.1, -0.05) is 0 Å². The summed E-state index contributed by atoms with van der Waals surface area (Å²) in [5.74, 6) is 0. The molecule has 4 heteroatoms. The van der Waals surface area contributed by atoms with E-state index in [4.69, 9.17) is 5.26 Å². The highest BCUT2D eigenvalue weighted by molar-refractivity contribution is 9.10. The van der Waals surface area contributed by atoms with E-state index in [-0.39, 0.29) is 0 Å². The number of benzene rings is 1. The molecule has 17 heavy (non-hydrogen) atoms. The lowest BCUT2D eigenvalue weighted by atomic mass is 10.2. The first-order valence-electron chi connectivity index (χ1n) is 5.60. The number of nitrogens with zero attached hydrogens (tertiary/aromatic N) is 3. The minimum atomic E-state index is 0.676. The van der Waals surface area contributed by atoms with E-state index in [2.05, 4.69) is 52.9 Å². The minimum absolute atomic E-state index is 0.676. The van der Waals surface area contributed by atoms with Crippen LogP contribution in [0, 0.1) is 11.3 Å². The van der Waals surface area contributed by atoms with E-state index < -0.39 is 0 Å². The Bertz CT molecular complexity index is 410. The summed E-state index contributed by atoms with van der Waals surface area (Å²) >= 11 is 3.41. The maximum Gasteiger partial charge on any atom is 0.100 e. The van der Waals surface area contributed by atoms with Crippen molar-refractivity contribution in [3.05, 3.63) is 28.2 Å². The fraction of sp³-hybridized carbons (Fsp3) is 0.462. The van der Waals surface area contributed by atoms with Crippen molar-refractivity contribution in [2.75, 3.05) is 39.1 Å². The van der Waals surface area contributed by atoms with E-state index in [9.17, 15) is 0 Å². The molecule has 0 N–H and O–H groups in total. The topological polar surface area (TPSA) is 30.3 Å². The van der Waals surface area contributed by atoms with Crippen molar-refractivity contribution in [2.45, 2.75) is 6.42 Å². The van der Waals surface area contributed by atoms with Gasteiger partial charge in [-0.2, -0.15) is 5.26 Å². The average molecular weight is 296 g/mol. The number of nitriles is 1. The van der Waals surface area contributed by atoms with Crippen LogP contribution in [0.5, 0.6) is 0 Å². The summed E-state index contributed by atoms with van der Waals surface area (Å²) in [4.78, 5) is 4.39. The summed E-state index contributed by atoms with van der Waals surface area (Å²) in [5, 5.41) is 8.85. The highest BCUT2D eigenvalue weighted by Crippen LogP contribution is 2.23. The fourth-order valence-corrected chi connectivity index (χ4v) is 2.04. The second kappa shape index (κ2) is 6.63. The van der Waals surface area contributed by atoms with Gasteiger partial charge in [-0.05, 0) is 61.2 Å². The molecular weight excluding hydrogens is 278 g/mol. The first-order chi connectivity index (χ1) is 8.04. The van der Waals surface area contributed by atoms with Gasteiger partial charge in [0.2, 0.25) is 0 Å². The van der Waals surface area contributed by atoms with Gasteiger partial charge in [0.25, 0.3) is 0 Å². The molecule has 0 radical (unpaired) electrons. The molecule has 0 unspecified atom stereocenters. The molecule has 0 saturated heterocycles. The Morgan fingerprint density at radius 1 is 1.24 bits per heavy atom. The van der Waals surface area contributed by atoms with E-state index in [1.807, 2.05) is 18.2 Å². The quantitative estimate of drug-likeness (QED) is 0.837. The van der Waals surface area contributed by atoms with E-state index in [0.29, 0.717) is 5.56 Å². The molecule has 0 saturated carbocycles. The Morgan fingerprint density at radius 2 is 1.94 bits per heavy atom. The zero-order valence-corrected chi connectivity index (χ0v) is 12.2. The Balaban J connectivity index is 2.61. The molecule has 0 atom stereocenters. The molecule has 0 fully saturated rings. The molecule has 0 aliphatic rings. The molecule has 92 valence electrons. The third kappa shape index (κ3) is 4.37. The van der Waals surface area contributed by atoms with Crippen LogP contribution in [-0.4, -0.2) is 39.1 Å². The van der Waals surface area contributed by atoms with Crippen LogP contribution in [0.4, 0.5) is 5.69 Å². The van der Waals surface area contributed by atoms with Crippen LogP contribution >= 0.6 is 15.9 Å². The number of anilines is 1. The second-order valence-electron chi connectivity index (χ2n) is 4.35. The van der Waals surface area contributed by atoms with Gasteiger partial charge in [0, 0.05) is 23.8 Å². The maximum atomic E-state index is 8.85. The largest absolute Gasteiger partial charge is 0.375 e. The zero-order valence-electron chi connectivity index (χ0n) is 10.6. The summed E-state index contributed by atoms with van der Waals surface area (Å²) in [5.41, 5.74) is 1.81. The number of hydrogen-bond acceptors (Lipinski definition) is 3. The molecule has 0 amide bonds. The van der Waals surface area contributed by atoms with E-state index >= 15 is 0 Å². The predicted molar refractivity (Wildman–Crippen MR) is 75.3 cm³/mol.